The summed E-state index contributed by atoms with van der Waals surface area (Å²) < 4.78 is 32.3. The van der Waals surface area contributed by atoms with Crippen molar-refractivity contribution in [2.75, 3.05) is 6.54 Å². The highest BCUT2D eigenvalue weighted by Crippen LogP contribution is 2.22. The molecule has 0 bridgehead atoms. The van der Waals surface area contributed by atoms with Gasteiger partial charge in [-0.05, 0) is 44.4 Å². The molecule has 0 saturated carbocycles. The van der Waals surface area contributed by atoms with Crippen LogP contribution in [0.5, 0.6) is 0 Å². The fraction of sp³-hybridized carbons (Fsp3) is 0.375. The summed E-state index contributed by atoms with van der Waals surface area (Å²) in [6.07, 6.45) is 2.46. The van der Waals surface area contributed by atoms with Crippen molar-refractivity contribution >= 4 is 10.0 Å². The molecule has 1 atom stereocenters. The lowest BCUT2D eigenvalue weighted by molar-refractivity contribution is 0.168. The van der Waals surface area contributed by atoms with Crippen LogP contribution in [0.1, 0.15) is 34.8 Å². The Bertz CT molecular complexity index is 713. The zero-order valence-corrected chi connectivity index (χ0v) is 13.8. The van der Waals surface area contributed by atoms with Crippen LogP contribution in [-0.4, -0.2) is 20.1 Å². The van der Waals surface area contributed by atoms with Crippen molar-refractivity contribution in [1.82, 2.24) is 4.72 Å². The number of hydrogen-bond donors (Lipinski definition) is 2. The molecule has 1 heterocycles. The Kier molecular flexibility index (Phi) is 5.05. The van der Waals surface area contributed by atoms with E-state index in [0.717, 1.165) is 16.7 Å². The van der Waals surface area contributed by atoms with E-state index in [4.69, 9.17) is 4.42 Å². The molecule has 1 aromatic heterocycles. The Morgan fingerprint density at radius 2 is 1.86 bits per heavy atom. The third-order valence-electron chi connectivity index (χ3n) is 3.51. The largest absolute Gasteiger partial charge is 0.472 e. The summed E-state index contributed by atoms with van der Waals surface area (Å²) in [4.78, 5) is 0.316. The van der Waals surface area contributed by atoms with Crippen molar-refractivity contribution in [3.8, 4) is 0 Å². The lowest BCUT2D eigenvalue weighted by Crippen LogP contribution is -2.27. The minimum absolute atomic E-state index is 0.154. The molecule has 5 nitrogen and oxygen atoms in total. The van der Waals surface area contributed by atoms with Crippen LogP contribution in [0.25, 0.3) is 0 Å². The number of hydrogen-bond acceptors (Lipinski definition) is 4. The molecule has 0 spiro atoms. The van der Waals surface area contributed by atoms with Gasteiger partial charge in [0, 0.05) is 12.1 Å². The number of sulfonamides is 1. The average Bonchev–Trinajstić information content (AvgIpc) is 2.90. The maximum absolute atomic E-state index is 12.4. The third kappa shape index (κ3) is 3.76. The van der Waals surface area contributed by atoms with Gasteiger partial charge in [-0.3, -0.25) is 0 Å². The first-order chi connectivity index (χ1) is 10.3. The molecule has 0 aliphatic heterocycles. The van der Waals surface area contributed by atoms with Gasteiger partial charge in [0.15, 0.2) is 0 Å². The number of nitrogens with one attached hydrogen (secondary N) is 1. The first-order valence-electron chi connectivity index (χ1n) is 7.09. The van der Waals surface area contributed by atoms with Gasteiger partial charge in [-0.1, -0.05) is 17.7 Å². The van der Waals surface area contributed by atoms with Crippen LogP contribution in [0.15, 0.2) is 40.0 Å². The molecule has 6 heteroatoms. The van der Waals surface area contributed by atoms with E-state index in [2.05, 4.69) is 4.72 Å². The van der Waals surface area contributed by atoms with Crippen LogP contribution >= 0.6 is 0 Å². The summed E-state index contributed by atoms with van der Waals surface area (Å²) in [7, 11) is -3.59. The SMILES string of the molecule is Cc1cc(C)c(S(=O)(=O)NCCC(O)c2ccoc2)c(C)c1. The minimum Gasteiger partial charge on any atom is -0.472 e. The lowest BCUT2D eigenvalue weighted by Gasteiger charge is -2.14. The van der Waals surface area contributed by atoms with Gasteiger partial charge < -0.3 is 9.52 Å². The lowest BCUT2D eigenvalue weighted by atomic mass is 10.1. The molecule has 0 saturated heterocycles. The van der Waals surface area contributed by atoms with Crippen molar-refractivity contribution in [3.05, 3.63) is 53.0 Å². The topological polar surface area (TPSA) is 79.5 Å². The standard InChI is InChI=1S/C16H21NO4S/c1-11-8-12(2)16(13(3)9-11)22(19,20)17-6-4-15(18)14-5-7-21-10-14/h5,7-10,15,17-18H,4,6H2,1-3H3. The number of furan rings is 1. The van der Waals surface area contributed by atoms with Crippen LogP contribution in [0.4, 0.5) is 0 Å². The van der Waals surface area contributed by atoms with E-state index in [-0.39, 0.29) is 13.0 Å². The van der Waals surface area contributed by atoms with E-state index in [0.29, 0.717) is 10.5 Å². The monoisotopic (exact) mass is 323 g/mol. The summed E-state index contributed by atoms with van der Waals surface area (Å²) >= 11 is 0. The zero-order chi connectivity index (χ0) is 16.3. The van der Waals surface area contributed by atoms with Crippen LogP contribution < -0.4 is 4.72 Å². The fourth-order valence-electron chi connectivity index (χ4n) is 2.62. The van der Waals surface area contributed by atoms with Crippen molar-refractivity contribution < 1.29 is 17.9 Å². The first kappa shape index (κ1) is 16.7. The van der Waals surface area contributed by atoms with Gasteiger partial charge >= 0.3 is 0 Å². The molecular weight excluding hydrogens is 302 g/mol. The summed E-state index contributed by atoms with van der Waals surface area (Å²) in [6, 6.07) is 5.36. The average molecular weight is 323 g/mol. The van der Waals surface area contributed by atoms with Gasteiger partial charge in [0.1, 0.15) is 0 Å². The Hall–Kier alpha value is -1.63. The van der Waals surface area contributed by atoms with Gasteiger partial charge in [0.2, 0.25) is 10.0 Å². The number of aryl methyl sites for hydroxylation is 3. The normalized spacial score (nSPS) is 13.3. The van der Waals surface area contributed by atoms with Crippen LogP contribution in [0.2, 0.25) is 0 Å². The van der Waals surface area contributed by atoms with E-state index in [9.17, 15) is 13.5 Å². The van der Waals surface area contributed by atoms with E-state index < -0.39 is 16.1 Å². The van der Waals surface area contributed by atoms with E-state index in [1.54, 1.807) is 19.9 Å². The fourth-order valence-corrected chi connectivity index (χ4v) is 4.12. The van der Waals surface area contributed by atoms with Gasteiger partial charge in [-0.15, -0.1) is 0 Å². The molecule has 0 aliphatic carbocycles. The van der Waals surface area contributed by atoms with Gasteiger partial charge in [-0.25, -0.2) is 13.1 Å². The van der Waals surface area contributed by atoms with E-state index in [1.165, 1.54) is 12.5 Å². The molecule has 0 fully saturated rings. The smallest absolute Gasteiger partial charge is 0.241 e. The van der Waals surface area contributed by atoms with Crippen LogP contribution in [0.3, 0.4) is 0 Å². The number of aliphatic hydroxyl groups is 1. The Balaban J connectivity index is 2.06. The van der Waals surface area contributed by atoms with Crippen molar-refractivity contribution in [2.24, 2.45) is 0 Å². The van der Waals surface area contributed by atoms with Crippen molar-refractivity contribution in [1.29, 1.82) is 0 Å². The Morgan fingerprint density at radius 1 is 1.23 bits per heavy atom. The molecule has 22 heavy (non-hydrogen) atoms. The van der Waals surface area contributed by atoms with Gasteiger partial charge in [0.05, 0.1) is 23.5 Å². The second-order valence-electron chi connectivity index (χ2n) is 5.49. The number of aliphatic hydroxyl groups excluding tert-OH is 1. The summed E-state index contributed by atoms with van der Waals surface area (Å²) in [6.45, 7) is 5.66. The highest BCUT2D eigenvalue weighted by atomic mass is 32.2. The number of rotatable bonds is 6. The van der Waals surface area contributed by atoms with Gasteiger partial charge in [-0.2, -0.15) is 0 Å². The van der Waals surface area contributed by atoms with Crippen molar-refractivity contribution in [2.45, 2.75) is 38.2 Å². The molecule has 120 valence electrons. The van der Waals surface area contributed by atoms with Gasteiger partial charge in [0.25, 0.3) is 0 Å². The molecule has 2 aromatic rings. The van der Waals surface area contributed by atoms with Crippen LogP contribution in [-0.2, 0) is 10.0 Å². The summed E-state index contributed by atoms with van der Waals surface area (Å²) in [5.74, 6) is 0. The summed E-state index contributed by atoms with van der Waals surface area (Å²) in [5, 5.41) is 9.93. The quantitative estimate of drug-likeness (QED) is 0.856. The Morgan fingerprint density at radius 3 is 2.41 bits per heavy atom. The van der Waals surface area contributed by atoms with Crippen LogP contribution in [0, 0.1) is 20.8 Å². The molecule has 1 unspecified atom stereocenters. The second-order valence-corrected chi connectivity index (χ2v) is 7.19. The minimum atomic E-state index is -3.59. The molecule has 2 N–H and O–H groups in total. The third-order valence-corrected chi connectivity index (χ3v) is 5.28. The Labute approximate surface area is 131 Å². The highest BCUT2D eigenvalue weighted by Gasteiger charge is 2.20. The van der Waals surface area contributed by atoms with Crippen molar-refractivity contribution in [3.63, 3.8) is 0 Å². The predicted molar refractivity (Wildman–Crippen MR) is 84.1 cm³/mol. The first-order valence-corrected chi connectivity index (χ1v) is 8.57. The highest BCUT2D eigenvalue weighted by molar-refractivity contribution is 7.89. The molecular formula is C16H21NO4S. The zero-order valence-electron chi connectivity index (χ0n) is 13.0. The summed E-state index contributed by atoms with van der Waals surface area (Å²) in [5.41, 5.74) is 3.12. The molecule has 0 amide bonds. The predicted octanol–water partition coefficient (Wildman–Crippen LogP) is 2.61. The second kappa shape index (κ2) is 6.64. The molecule has 0 radical (unpaired) electrons. The van der Waals surface area contributed by atoms with E-state index in [1.807, 2.05) is 19.1 Å². The van der Waals surface area contributed by atoms with E-state index >= 15 is 0 Å². The molecule has 0 aliphatic rings. The molecule has 1 aromatic carbocycles. The maximum atomic E-state index is 12.4. The maximum Gasteiger partial charge on any atom is 0.241 e. The molecule has 2 rings (SSSR count). The number of benzene rings is 1.